The minimum Gasteiger partial charge on any atom is -0.493 e. The van der Waals surface area contributed by atoms with Gasteiger partial charge in [-0.1, -0.05) is 12.1 Å². The summed E-state index contributed by atoms with van der Waals surface area (Å²) < 4.78 is 12.1. The number of ether oxygens (including phenoxy) is 2. The molecule has 0 unspecified atom stereocenters. The summed E-state index contributed by atoms with van der Waals surface area (Å²) in [6.45, 7) is 1.83. The highest BCUT2D eigenvalue weighted by atomic mass is 32.1. The van der Waals surface area contributed by atoms with Crippen LogP contribution in [0.15, 0.2) is 64.6 Å². The highest BCUT2D eigenvalue weighted by Gasteiger charge is 2.46. The zero-order valence-corrected chi connectivity index (χ0v) is 20.3. The van der Waals surface area contributed by atoms with Crippen molar-refractivity contribution in [2.24, 2.45) is 10.7 Å². The van der Waals surface area contributed by atoms with Crippen molar-refractivity contribution in [3.05, 3.63) is 76.4 Å². The van der Waals surface area contributed by atoms with Crippen LogP contribution in [0, 0.1) is 0 Å². The molecule has 0 bridgehead atoms. The van der Waals surface area contributed by atoms with Crippen LogP contribution in [-0.4, -0.2) is 53.8 Å². The number of aliphatic imine (C=N–C) groups is 1. The van der Waals surface area contributed by atoms with Crippen LogP contribution in [0.2, 0.25) is 0 Å². The Bertz CT molecular complexity index is 1370. The fourth-order valence-electron chi connectivity index (χ4n) is 5.28. The number of amides is 1. The molecule has 6 rings (SSSR count). The quantitative estimate of drug-likeness (QED) is 0.590. The number of hydrogen-bond acceptors (Lipinski definition) is 7. The lowest BCUT2D eigenvalue weighted by Gasteiger charge is -2.46. The molecule has 1 spiro atoms. The Labute approximate surface area is 207 Å². The first-order valence-corrected chi connectivity index (χ1v) is 12.7. The van der Waals surface area contributed by atoms with Gasteiger partial charge in [-0.05, 0) is 35.9 Å². The molecule has 1 amide bonds. The largest absolute Gasteiger partial charge is 0.493 e. The number of para-hydroxylation sites is 1. The van der Waals surface area contributed by atoms with E-state index in [0.717, 1.165) is 51.9 Å². The first-order valence-electron chi connectivity index (χ1n) is 11.8. The number of rotatable bonds is 2. The number of nitrogens with zero attached hydrogens (tertiary/aromatic N) is 3. The summed E-state index contributed by atoms with van der Waals surface area (Å²) in [5.41, 5.74) is 10.9. The van der Waals surface area contributed by atoms with Crippen LogP contribution in [-0.2, 0) is 6.42 Å². The molecule has 0 radical (unpaired) electrons. The fourth-order valence-corrected chi connectivity index (χ4v) is 6.07. The molecule has 0 atom stereocenters. The topological polar surface area (TPSA) is 90.0 Å². The van der Waals surface area contributed by atoms with Gasteiger partial charge >= 0.3 is 0 Å². The summed E-state index contributed by atoms with van der Waals surface area (Å²) in [5, 5.41) is 2.70. The van der Waals surface area contributed by atoms with Crippen molar-refractivity contribution in [3.63, 3.8) is 0 Å². The molecule has 1 aromatic heterocycles. The SMILES string of the molecule is CN=C1C(=CN)C2(CCN(C(=O)c3csc(-c4ccc5c(c4)CCO5)n3)CC2)Oc2ccccc21. The summed E-state index contributed by atoms with van der Waals surface area (Å²) in [5.74, 6) is 1.70. The molecule has 3 aromatic rings. The van der Waals surface area contributed by atoms with Gasteiger partial charge in [0.05, 0.1) is 12.3 Å². The zero-order chi connectivity index (χ0) is 24.0. The number of aromatic nitrogens is 1. The molecule has 1 saturated heterocycles. The van der Waals surface area contributed by atoms with Crippen molar-refractivity contribution in [2.75, 3.05) is 26.7 Å². The van der Waals surface area contributed by atoms with E-state index in [4.69, 9.17) is 15.2 Å². The first kappa shape index (κ1) is 21.9. The van der Waals surface area contributed by atoms with Gasteiger partial charge < -0.3 is 20.1 Å². The minimum atomic E-state index is -0.589. The summed E-state index contributed by atoms with van der Waals surface area (Å²) >= 11 is 1.50. The maximum Gasteiger partial charge on any atom is 0.273 e. The molecule has 2 aromatic carbocycles. The van der Waals surface area contributed by atoms with Gasteiger partial charge in [0.15, 0.2) is 0 Å². The van der Waals surface area contributed by atoms with Crippen molar-refractivity contribution in [3.8, 4) is 22.1 Å². The molecule has 35 heavy (non-hydrogen) atoms. The number of nitrogens with two attached hydrogens (primary N) is 1. The summed E-state index contributed by atoms with van der Waals surface area (Å²) in [6.07, 6.45) is 3.80. The molecule has 3 aliphatic heterocycles. The Morgan fingerprint density at radius 1 is 1.20 bits per heavy atom. The number of carbonyl (C=O) groups excluding carboxylic acids is 1. The van der Waals surface area contributed by atoms with Crippen molar-refractivity contribution < 1.29 is 14.3 Å². The van der Waals surface area contributed by atoms with Crippen LogP contribution < -0.4 is 15.2 Å². The Kier molecular flexibility index (Phi) is 5.33. The molecule has 2 N–H and O–H groups in total. The number of hydrogen-bond donors (Lipinski definition) is 1. The first-order chi connectivity index (χ1) is 17.1. The Morgan fingerprint density at radius 2 is 2.03 bits per heavy atom. The Hall–Kier alpha value is -3.65. The molecular weight excluding hydrogens is 460 g/mol. The number of carbonyl (C=O) groups is 1. The number of benzene rings is 2. The van der Waals surface area contributed by atoms with E-state index in [0.29, 0.717) is 31.6 Å². The maximum absolute atomic E-state index is 13.3. The number of fused-ring (bicyclic) bond motifs is 2. The summed E-state index contributed by atoms with van der Waals surface area (Å²) in [7, 11) is 1.78. The summed E-state index contributed by atoms with van der Waals surface area (Å²) in [4.78, 5) is 24.4. The van der Waals surface area contributed by atoms with E-state index in [1.165, 1.54) is 16.9 Å². The van der Waals surface area contributed by atoms with E-state index in [9.17, 15) is 4.79 Å². The van der Waals surface area contributed by atoms with Gasteiger partial charge in [0.1, 0.15) is 27.8 Å². The summed E-state index contributed by atoms with van der Waals surface area (Å²) in [6, 6.07) is 14.0. The molecule has 0 aliphatic carbocycles. The second-order valence-corrected chi connectivity index (χ2v) is 9.85. The Morgan fingerprint density at radius 3 is 2.83 bits per heavy atom. The lowest BCUT2D eigenvalue weighted by Crippen LogP contribution is -2.54. The molecule has 178 valence electrons. The van der Waals surface area contributed by atoms with E-state index < -0.39 is 5.60 Å². The highest BCUT2D eigenvalue weighted by Crippen LogP contribution is 2.43. The van der Waals surface area contributed by atoms with Gasteiger partial charge in [-0.25, -0.2) is 4.98 Å². The average molecular weight is 487 g/mol. The predicted octanol–water partition coefficient (Wildman–Crippen LogP) is 4.07. The van der Waals surface area contributed by atoms with E-state index >= 15 is 0 Å². The smallest absolute Gasteiger partial charge is 0.273 e. The predicted molar refractivity (Wildman–Crippen MR) is 136 cm³/mol. The van der Waals surface area contributed by atoms with Crippen LogP contribution in [0.1, 0.15) is 34.5 Å². The molecule has 3 aliphatic rings. The standard InChI is InChI=1S/C27H26N4O3S/c1-29-24-19-4-2-3-5-23(19)34-27(20(24)15-28)9-11-31(12-10-27)26(32)21-16-35-25(30-21)18-6-7-22-17(14-18)8-13-33-22/h2-7,14-16H,8-13,28H2,1H3. The van der Waals surface area contributed by atoms with Crippen LogP contribution in [0.25, 0.3) is 10.6 Å². The normalized spacial score (nSPS) is 20.4. The van der Waals surface area contributed by atoms with E-state index in [-0.39, 0.29) is 5.91 Å². The Balaban J connectivity index is 1.20. The molecule has 4 heterocycles. The van der Waals surface area contributed by atoms with Gasteiger partial charge in [0, 0.05) is 67.7 Å². The van der Waals surface area contributed by atoms with E-state index in [1.54, 1.807) is 13.2 Å². The van der Waals surface area contributed by atoms with Crippen molar-refractivity contribution in [2.45, 2.75) is 24.9 Å². The second kappa shape index (κ2) is 8.53. The van der Waals surface area contributed by atoms with Crippen molar-refractivity contribution >= 4 is 23.0 Å². The van der Waals surface area contributed by atoms with Crippen molar-refractivity contribution in [1.29, 1.82) is 0 Å². The molecule has 7 nitrogen and oxygen atoms in total. The fraction of sp³-hybridized carbons (Fsp3) is 0.296. The molecule has 0 saturated carbocycles. The lowest BCUT2D eigenvalue weighted by atomic mass is 9.78. The second-order valence-electron chi connectivity index (χ2n) is 9.00. The van der Waals surface area contributed by atoms with Gasteiger partial charge in [-0.3, -0.25) is 9.79 Å². The van der Waals surface area contributed by atoms with Crippen LogP contribution in [0.3, 0.4) is 0 Å². The van der Waals surface area contributed by atoms with Gasteiger partial charge in [0.25, 0.3) is 5.91 Å². The number of likely N-dealkylation sites (tertiary alicyclic amines) is 1. The third-order valence-electron chi connectivity index (χ3n) is 7.10. The average Bonchev–Trinajstić information content (AvgIpc) is 3.57. The van der Waals surface area contributed by atoms with Gasteiger partial charge in [-0.2, -0.15) is 0 Å². The van der Waals surface area contributed by atoms with Gasteiger partial charge in [-0.15, -0.1) is 11.3 Å². The third kappa shape index (κ3) is 3.60. The minimum absolute atomic E-state index is 0.0503. The molecule has 1 fully saturated rings. The monoisotopic (exact) mass is 486 g/mol. The molecule has 8 heteroatoms. The van der Waals surface area contributed by atoms with Crippen LogP contribution in [0.4, 0.5) is 0 Å². The molecular formula is C27H26N4O3S. The highest BCUT2D eigenvalue weighted by molar-refractivity contribution is 7.13. The number of thiazole rings is 1. The van der Waals surface area contributed by atoms with Crippen LogP contribution >= 0.6 is 11.3 Å². The van der Waals surface area contributed by atoms with Gasteiger partial charge in [0.2, 0.25) is 0 Å². The zero-order valence-electron chi connectivity index (χ0n) is 19.5. The number of piperidine rings is 1. The van der Waals surface area contributed by atoms with Crippen molar-refractivity contribution in [1.82, 2.24) is 9.88 Å². The third-order valence-corrected chi connectivity index (χ3v) is 7.99. The van der Waals surface area contributed by atoms with E-state index in [1.807, 2.05) is 46.7 Å². The van der Waals surface area contributed by atoms with Crippen LogP contribution in [0.5, 0.6) is 11.5 Å². The van der Waals surface area contributed by atoms with E-state index in [2.05, 4.69) is 16.0 Å². The maximum atomic E-state index is 13.3. The lowest BCUT2D eigenvalue weighted by molar-refractivity contribution is 0.0282.